The Morgan fingerprint density at radius 2 is 1.86 bits per heavy atom. The SMILES string of the molecule is Cc1cc(C(C)OCC2(c3ccc(F)cc3)CCNCC2)c2nn(COCC[Si-](C)(C)C)cc2c1. The molecule has 1 N–H and O–H groups in total. The molecule has 0 saturated carbocycles. The maximum atomic E-state index is 13.6. The van der Waals surface area contributed by atoms with E-state index in [0.717, 1.165) is 60.6 Å². The largest absolute Gasteiger partial charge is 0.373 e. The van der Waals surface area contributed by atoms with Crippen LogP contribution in [0.3, 0.4) is 0 Å². The molecule has 5 nitrogen and oxygen atoms in total. The van der Waals surface area contributed by atoms with Crippen molar-refractivity contribution in [2.75, 3.05) is 26.3 Å². The maximum absolute atomic E-state index is 13.6. The van der Waals surface area contributed by atoms with E-state index in [1.807, 2.05) is 16.8 Å². The highest BCUT2D eigenvalue weighted by Gasteiger charge is 2.35. The zero-order valence-electron chi connectivity index (χ0n) is 21.9. The van der Waals surface area contributed by atoms with Crippen molar-refractivity contribution in [2.45, 2.75) is 70.6 Å². The van der Waals surface area contributed by atoms with E-state index in [1.165, 1.54) is 5.56 Å². The molecule has 35 heavy (non-hydrogen) atoms. The van der Waals surface area contributed by atoms with Crippen molar-refractivity contribution in [3.63, 3.8) is 0 Å². The van der Waals surface area contributed by atoms with Crippen LogP contribution >= 0.6 is 0 Å². The molecular weight excluding hydrogens is 457 g/mol. The molecule has 0 amide bonds. The molecule has 1 unspecified atom stereocenters. The Morgan fingerprint density at radius 1 is 1.14 bits per heavy atom. The Kier molecular flexibility index (Phi) is 8.11. The smallest absolute Gasteiger partial charge is 0.139 e. The van der Waals surface area contributed by atoms with Crippen molar-refractivity contribution in [3.05, 3.63) is 65.1 Å². The number of ether oxygens (including phenoxy) is 2. The Hall–Kier alpha value is -2.06. The first-order valence-corrected chi connectivity index (χ1v) is 16.5. The van der Waals surface area contributed by atoms with Crippen molar-refractivity contribution in [1.29, 1.82) is 0 Å². The second kappa shape index (κ2) is 10.9. The Bertz CT molecular complexity index is 1120. The number of piperidine rings is 1. The van der Waals surface area contributed by atoms with Crippen LogP contribution in [0, 0.1) is 12.7 Å². The van der Waals surface area contributed by atoms with Gasteiger partial charge >= 0.3 is 0 Å². The van der Waals surface area contributed by atoms with Gasteiger partial charge in [-0.3, -0.25) is 0 Å². The van der Waals surface area contributed by atoms with Crippen molar-refractivity contribution in [2.24, 2.45) is 0 Å². The molecule has 1 aliphatic heterocycles. The van der Waals surface area contributed by atoms with Gasteiger partial charge < -0.3 is 14.8 Å². The number of nitrogens with one attached hydrogen (secondary N) is 1. The summed E-state index contributed by atoms with van der Waals surface area (Å²) in [6.45, 7) is 15.0. The molecule has 1 saturated heterocycles. The van der Waals surface area contributed by atoms with Crippen LogP contribution in [-0.4, -0.2) is 44.2 Å². The van der Waals surface area contributed by atoms with Crippen molar-refractivity contribution in [3.8, 4) is 0 Å². The molecule has 7 heteroatoms. The van der Waals surface area contributed by atoms with Crippen LogP contribution in [0.4, 0.5) is 4.39 Å². The summed E-state index contributed by atoms with van der Waals surface area (Å²) in [4.78, 5) is 0. The molecule has 1 fully saturated rings. The summed E-state index contributed by atoms with van der Waals surface area (Å²) >= 11 is 0. The van der Waals surface area contributed by atoms with E-state index in [4.69, 9.17) is 14.6 Å². The molecule has 1 aromatic heterocycles. The van der Waals surface area contributed by atoms with E-state index in [1.54, 1.807) is 12.1 Å². The van der Waals surface area contributed by atoms with Gasteiger partial charge in [0.15, 0.2) is 0 Å². The molecule has 3 aromatic rings. The molecule has 2 heterocycles. The van der Waals surface area contributed by atoms with Gasteiger partial charge in [-0.2, -0.15) is 24.7 Å². The predicted molar refractivity (Wildman–Crippen MR) is 143 cm³/mol. The molecule has 0 bridgehead atoms. The van der Waals surface area contributed by atoms with E-state index in [2.05, 4.69) is 57.1 Å². The van der Waals surface area contributed by atoms with Crippen LogP contribution in [0.2, 0.25) is 25.7 Å². The van der Waals surface area contributed by atoms with E-state index >= 15 is 0 Å². The molecule has 191 valence electrons. The first-order valence-electron chi connectivity index (χ1n) is 12.8. The fourth-order valence-electron chi connectivity index (χ4n) is 4.88. The maximum Gasteiger partial charge on any atom is 0.139 e. The van der Waals surface area contributed by atoms with Crippen molar-refractivity contribution >= 4 is 19.0 Å². The van der Waals surface area contributed by atoms with Gasteiger partial charge in [0.1, 0.15) is 12.5 Å². The minimum atomic E-state index is -1.11. The number of nitrogens with zero attached hydrogens (tertiary/aromatic N) is 2. The number of benzene rings is 2. The van der Waals surface area contributed by atoms with Gasteiger partial charge in [0.25, 0.3) is 0 Å². The first-order chi connectivity index (χ1) is 16.7. The summed E-state index contributed by atoms with van der Waals surface area (Å²) in [6, 6.07) is 12.5. The third-order valence-electron chi connectivity index (χ3n) is 7.11. The fourth-order valence-corrected chi connectivity index (χ4v) is 5.64. The van der Waals surface area contributed by atoms with Crippen LogP contribution in [-0.2, 0) is 21.6 Å². The van der Waals surface area contributed by atoms with Crippen LogP contribution in [0.1, 0.15) is 42.6 Å². The van der Waals surface area contributed by atoms with Gasteiger partial charge in [0, 0.05) is 29.2 Å². The summed E-state index contributed by atoms with van der Waals surface area (Å²) in [5, 5.41) is 9.42. The average molecular weight is 498 g/mol. The van der Waals surface area contributed by atoms with E-state index in [9.17, 15) is 4.39 Å². The van der Waals surface area contributed by atoms with Gasteiger partial charge in [-0.15, -0.1) is 14.1 Å². The van der Waals surface area contributed by atoms with Gasteiger partial charge in [-0.05, 0) is 69.1 Å². The second-order valence-corrected chi connectivity index (χ2v) is 16.9. The number of hydrogen-bond acceptors (Lipinski definition) is 4. The molecule has 0 aliphatic carbocycles. The van der Waals surface area contributed by atoms with Gasteiger partial charge in [-0.25, -0.2) is 9.07 Å². The molecule has 4 rings (SSSR count). The van der Waals surface area contributed by atoms with E-state index in [0.29, 0.717) is 13.3 Å². The van der Waals surface area contributed by atoms with Crippen LogP contribution < -0.4 is 5.32 Å². The number of hydrogen-bond donors (Lipinski definition) is 1. The third kappa shape index (κ3) is 6.58. The van der Waals surface area contributed by atoms with E-state index < -0.39 is 8.07 Å². The first kappa shape index (κ1) is 26.0. The van der Waals surface area contributed by atoms with Crippen LogP contribution in [0.5, 0.6) is 0 Å². The van der Waals surface area contributed by atoms with Crippen molar-refractivity contribution < 1.29 is 13.9 Å². The van der Waals surface area contributed by atoms with Crippen LogP contribution in [0.15, 0.2) is 42.6 Å². The number of fused-ring (bicyclic) bond motifs is 1. The van der Waals surface area contributed by atoms with Gasteiger partial charge in [0.2, 0.25) is 0 Å². The quantitative estimate of drug-likeness (QED) is 0.268. The summed E-state index contributed by atoms with van der Waals surface area (Å²) in [5.41, 5.74) is 4.31. The lowest BCUT2D eigenvalue weighted by Crippen LogP contribution is -2.43. The second-order valence-electron chi connectivity index (χ2n) is 11.3. The Balaban J connectivity index is 1.49. The standard InChI is InChI=1S/C28H40FN3O2Si/c1-21-16-23-18-32(20-33-14-15-35(3,4)5)31-27(23)26(17-21)22(2)34-19-28(10-12-30-13-11-28)24-6-8-25(29)9-7-24/h6-9,16-18,22,30H,10-15,19-20H2,1-5H3/q-1. The fraction of sp³-hybridized carbons (Fsp3) is 0.536. The lowest BCUT2D eigenvalue weighted by molar-refractivity contribution is 0.0171. The highest BCUT2D eigenvalue weighted by atomic mass is 28.3. The van der Waals surface area contributed by atoms with E-state index in [-0.39, 0.29) is 17.3 Å². The van der Waals surface area contributed by atoms with Crippen molar-refractivity contribution in [1.82, 2.24) is 15.1 Å². The monoisotopic (exact) mass is 497 g/mol. The number of aryl methyl sites for hydroxylation is 1. The molecule has 0 radical (unpaired) electrons. The lowest BCUT2D eigenvalue weighted by atomic mass is 9.74. The molecule has 0 spiro atoms. The Labute approximate surface area is 210 Å². The highest BCUT2D eigenvalue weighted by Crippen LogP contribution is 2.36. The zero-order chi connectivity index (χ0) is 25.1. The predicted octanol–water partition coefficient (Wildman–Crippen LogP) is 6.20. The Morgan fingerprint density at radius 3 is 2.54 bits per heavy atom. The number of rotatable bonds is 10. The van der Waals surface area contributed by atoms with Crippen LogP contribution in [0.25, 0.3) is 10.9 Å². The topological polar surface area (TPSA) is 48.3 Å². The molecular formula is C28H40FN3O2Si-. The van der Waals surface area contributed by atoms with Gasteiger partial charge in [-0.1, -0.05) is 18.2 Å². The molecule has 1 atom stereocenters. The lowest BCUT2D eigenvalue weighted by Gasteiger charge is -2.38. The summed E-state index contributed by atoms with van der Waals surface area (Å²) in [6.07, 6.45) is 3.90. The number of aromatic nitrogens is 2. The third-order valence-corrected chi connectivity index (χ3v) is 8.82. The highest BCUT2D eigenvalue weighted by molar-refractivity contribution is 6.76. The minimum absolute atomic E-state index is 0.110. The zero-order valence-corrected chi connectivity index (χ0v) is 22.9. The van der Waals surface area contributed by atoms with Gasteiger partial charge in [0.05, 0.1) is 18.2 Å². The summed E-state index contributed by atoms with van der Waals surface area (Å²) in [5.74, 6) is -0.200. The molecule has 1 aliphatic rings. The number of halogens is 1. The normalized spacial score (nSPS) is 17.1. The summed E-state index contributed by atoms with van der Waals surface area (Å²) in [7, 11) is -1.11. The molecule has 2 aromatic carbocycles. The average Bonchev–Trinajstić information content (AvgIpc) is 3.23. The minimum Gasteiger partial charge on any atom is -0.373 e. The summed E-state index contributed by atoms with van der Waals surface area (Å²) < 4.78 is 28.0.